The third-order valence-electron chi connectivity index (χ3n) is 3.78. The number of aromatic hydroxyl groups is 2. The summed E-state index contributed by atoms with van der Waals surface area (Å²) in [6, 6.07) is 9.25. The number of aryl methyl sites for hydroxylation is 1. The van der Waals surface area contributed by atoms with E-state index in [0.29, 0.717) is 22.7 Å². The lowest BCUT2D eigenvalue weighted by Crippen LogP contribution is -2.39. The quantitative estimate of drug-likeness (QED) is 0.648. The van der Waals surface area contributed by atoms with Crippen molar-refractivity contribution in [2.75, 3.05) is 4.90 Å². The van der Waals surface area contributed by atoms with Crippen molar-refractivity contribution in [2.45, 2.75) is 12.8 Å². The van der Waals surface area contributed by atoms with Crippen molar-refractivity contribution in [3.05, 3.63) is 58.6 Å². The number of phenols is 2. The van der Waals surface area contributed by atoms with Crippen LogP contribution in [0.4, 0.5) is 5.69 Å². The molecular weight excluding hydrogens is 330 g/mol. The second-order valence-electron chi connectivity index (χ2n) is 5.42. The van der Waals surface area contributed by atoms with Crippen molar-refractivity contribution < 1.29 is 19.8 Å². The Labute approximate surface area is 143 Å². The Morgan fingerprint density at radius 1 is 1.08 bits per heavy atom. The van der Waals surface area contributed by atoms with Crippen LogP contribution in [0.1, 0.15) is 17.5 Å². The third kappa shape index (κ3) is 3.12. The summed E-state index contributed by atoms with van der Waals surface area (Å²) in [5.74, 6) is -1.27. The van der Waals surface area contributed by atoms with Crippen LogP contribution in [0.2, 0.25) is 5.02 Å². The summed E-state index contributed by atoms with van der Waals surface area (Å²) in [6.45, 7) is 0. The van der Waals surface area contributed by atoms with Crippen molar-refractivity contribution >= 4 is 35.2 Å². The van der Waals surface area contributed by atoms with E-state index in [1.807, 2.05) is 0 Å². The number of rotatable bonds is 2. The lowest BCUT2D eigenvalue weighted by molar-refractivity contribution is -0.124. The fraction of sp³-hybridized carbons (Fsp3) is 0.111. The summed E-state index contributed by atoms with van der Waals surface area (Å²) in [7, 11) is 0. The monoisotopic (exact) mass is 343 g/mol. The molecule has 0 aromatic heterocycles. The number of fused-ring (bicyclic) bond motifs is 1. The zero-order chi connectivity index (χ0) is 17.3. The Bertz CT molecular complexity index is 860. The van der Waals surface area contributed by atoms with E-state index < -0.39 is 5.91 Å². The molecule has 0 fully saturated rings. The highest BCUT2D eigenvalue weighted by Gasteiger charge is 2.28. The van der Waals surface area contributed by atoms with Crippen LogP contribution >= 0.6 is 11.6 Å². The second-order valence-corrected chi connectivity index (χ2v) is 5.86. The van der Waals surface area contributed by atoms with E-state index in [2.05, 4.69) is 0 Å². The lowest BCUT2D eigenvalue weighted by atomic mass is 10.0. The molecule has 5 nitrogen and oxygen atoms in total. The topological polar surface area (TPSA) is 77.8 Å². The van der Waals surface area contributed by atoms with Gasteiger partial charge in [-0.05, 0) is 54.0 Å². The highest BCUT2D eigenvalue weighted by Crippen LogP contribution is 2.31. The molecule has 2 N–H and O–H groups in total. The maximum Gasteiger partial charge on any atom is 0.257 e. The van der Waals surface area contributed by atoms with Crippen LogP contribution in [0.15, 0.2) is 42.5 Å². The molecule has 0 spiro atoms. The first-order valence-corrected chi connectivity index (χ1v) is 7.69. The van der Waals surface area contributed by atoms with Gasteiger partial charge in [0.25, 0.3) is 5.91 Å². The number of anilines is 1. The molecule has 0 atom stereocenters. The van der Waals surface area contributed by atoms with E-state index in [0.717, 1.165) is 10.5 Å². The van der Waals surface area contributed by atoms with Gasteiger partial charge in [-0.3, -0.25) is 9.59 Å². The number of amides is 2. The van der Waals surface area contributed by atoms with Gasteiger partial charge in [-0.1, -0.05) is 17.7 Å². The Hall–Kier alpha value is -2.79. The smallest absolute Gasteiger partial charge is 0.257 e. The van der Waals surface area contributed by atoms with Crippen LogP contribution in [0.5, 0.6) is 11.5 Å². The SMILES string of the molecule is O=C(C=Cc1ccc(O)c(O)c1)N1C(=O)CCc2cc(Cl)ccc21. The summed E-state index contributed by atoms with van der Waals surface area (Å²) in [5.41, 5.74) is 1.92. The average molecular weight is 344 g/mol. The molecule has 3 rings (SSSR count). The van der Waals surface area contributed by atoms with Crippen LogP contribution in [0.3, 0.4) is 0 Å². The van der Waals surface area contributed by atoms with Crippen molar-refractivity contribution in [3.8, 4) is 11.5 Å². The van der Waals surface area contributed by atoms with Crippen molar-refractivity contribution in [3.63, 3.8) is 0 Å². The molecule has 1 heterocycles. The van der Waals surface area contributed by atoms with Crippen LogP contribution in [0.25, 0.3) is 6.08 Å². The highest BCUT2D eigenvalue weighted by molar-refractivity contribution is 6.31. The van der Waals surface area contributed by atoms with E-state index in [1.54, 1.807) is 24.3 Å². The molecule has 2 aromatic rings. The minimum atomic E-state index is -0.476. The molecule has 0 aliphatic carbocycles. The number of nitrogens with zero attached hydrogens (tertiary/aromatic N) is 1. The molecular formula is C18H14ClNO4. The summed E-state index contributed by atoms with van der Waals surface area (Å²) in [5, 5.41) is 19.3. The van der Waals surface area contributed by atoms with Crippen molar-refractivity contribution in [1.29, 1.82) is 0 Å². The number of carbonyl (C=O) groups is 2. The van der Waals surface area contributed by atoms with Gasteiger partial charge in [0.05, 0.1) is 5.69 Å². The van der Waals surface area contributed by atoms with E-state index >= 15 is 0 Å². The third-order valence-corrected chi connectivity index (χ3v) is 4.01. The van der Waals surface area contributed by atoms with Gasteiger partial charge in [0.15, 0.2) is 11.5 Å². The number of imide groups is 1. The highest BCUT2D eigenvalue weighted by atomic mass is 35.5. The fourth-order valence-electron chi connectivity index (χ4n) is 2.59. The first-order valence-electron chi connectivity index (χ1n) is 7.31. The van der Waals surface area contributed by atoms with E-state index in [9.17, 15) is 19.8 Å². The first-order chi connectivity index (χ1) is 11.5. The Morgan fingerprint density at radius 2 is 1.88 bits per heavy atom. The molecule has 6 heteroatoms. The summed E-state index contributed by atoms with van der Waals surface area (Å²) < 4.78 is 0. The van der Waals surface area contributed by atoms with Gasteiger partial charge in [-0.2, -0.15) is 0 Å². The zero-order valence-electron chi connectivity index (χ0n) is 12.6. The molecule has 2 amide bonds. The van der Waals surface area contributed by atoms with Gasteiger partial charge in [0, 0.05) is 17.5 Å². The molecule has 2 aromatic carbocycles. The fourth-order valence-corrected chi connectivity index (χ4v) is 2.78. The Kier molecular flexibility index (Phi) is 4.27. The normalized spacial score (nSPS) is 14.0. The maximum absolute atomic E-state index is 12.5. The van der Waals surface area contributed by atoms with E-state index in [1.165, 1.54) is 24.3 Å². The lowest BCUT2D eigenvalue weighted by Gasteiger charge is -2.26. The molecule has 0 saturated carbocycles. The maximum atomic E-state index is 12.5. The molecule has 0 unspecified atom stereocenters. The first kappa shape index (κ1) is 16.1. The molecule has 0 radical (unpaired) electrons. The van der Waals surface area contributed by atoms with Gasteiger partial charge in [0.1, 0.15) is 0 Å². The number of carbonyl (C=O) groups excluding carboxylic acids is 2. The van der Waals surface area contributed by atoms with Gasteiger partial charge in [-0.25, -0.2) is 4.90 Å². The van der Waals surface area contributed by atoms with Crippen molar-refractivity contribution in [1.82, 2.24) is 0 Å². The molecule has 1 aliphatic heterocycles. The summed E-state index contributed by atoms with van der Waals surface area (Å²) in [4.78, 5) is 25.7. The minimum Gasteiger partial charge on any atom is -0.504 e. The van der Waals surface area contributed by atoms with Crippen LogP contribution < -0.4 is 4.90 Å². The van der Waals surface area contributed by atoms with Gasteiger partial charge >= 0.3 is 0 Å². The van der Waals surface area contributed by atoms with Gasteiger partial charge in [0.2, 0.25) is 5.91 Å². The molecule has 0 saturated heterocycles. The second kappa shape index (κ2) is 6.37. The molecule has 24 heavy (non-hydrogen) atoms. The molecule has 122 valence electrons. The average Bonchev–Trinajstić information content (AvgIpc) is 2.55. The van der Waals surface area contributed by atoms with Gasteiger partial charge in [-0.15, -0.1) is 0 Å². The standard InChI is InChI=1S/C18H14ClNO4/c19-13-4-5-14-12(10-13)3-8-18(24)20(14)17(23)7-2-11-1-6-15(21)16(22)9-11/h1-2,4-7,9-10,21-22H,3,8H2. The summed E-state index contributed by atoms with van der Waals surface area (Å²) >= 11 is 5.96. The predicted octanol–water partition coefficient (Wildman–Crippen LogP) is 3.27. The minimum absolute atomic E-state index is 0.240. The molecule has 0 bridgehead atoms. The van der Waals surface area contributed by atoms with Crippen molar-refractivity contribution in [2.24, 2.45) is 0 Å². The number of phenolic OH excluding ortho intramolecular Hbond substituents is 2. The largest absolute Gasteiger partial charge is 0.504 e. The van der Waals surface area contributed by atoms with Crippen LogP contribution in [0, 0.1) is 0 Å². The Morgan fingerprint density at radius 3 is 2.62 bits per heavy atom. The number of hydrogen-bond donors (Lipinski definition) is 2. The van der Waals surface area contributed by atoms with Crippen LogP contribution in [-0.2, 0) is 16.0 Å². The summed E-state index contributed by atoms with van der Waals surface area (Å²) in [6.07, 6.45) is 3.52. The number of hydrogen-bond acceptors (Lipinski definition) is 4. The van der Waals surface area contributed by atoms with Crippen LogP contribution in [-0.4, -0.2) is 22.0 Å². The zero-order valence-corrected chi connectivity index (χ0v) is 13.3. The predicted molar refractivity (Wildman–Crippen MR) is 91.1 cm³/mol. The molecule has 1 aliphatic rings. The van der Waals surface area contributed by atoms with Gasteiger partial charge < -0.3 is 10.2 Å². The number of halogens is 1. The van der Waals surface area contributed by atoms with E-state index in [-0.39, 0.29) is 23.8 Å². The van der Waals surface area contributed by atoms with E-state index in [4.69, 9.17) is 11.6 Å². The Balaban J connectivity index is 1.88. The number of benzene rings is 2.